The molecule has 2 heterocycles. The lowest BCUT2D eigenvalue weighted by molar-refractivity contribution is 0.0601. The third-order valence-corrected chi connectivity index (χ3v) is 3.98. The van der Waals surface area contributed by atoms with Crippen LogP contribution in [0.5, 0.6) is 0 Å². The molecule has 6 nitrogen and oxygen atoms in total. The normalized spacial score (nSPS) is 10.5. The van der Waals surface area contributed by atoms with Gasteiger partial charge in [0.05, 0.1) is 23.3 Å². The fourth-order valence-corrected chi connectivity index (χ4v) is 2.51. The summed E-state index contributed by atoms with van der Waals surface area (Å²) < 4.78 is 18.8. The number of nitrogens with zero attached hydrogens (tertiary/aromatic N) is 3. The Kier molecular flexibility index (Phi) is 5.34. The summed E-state index contributed by atoms with van der Waals surface area (Å²) in [5.41, 5.74) is 0.784. The predicted molar refractivity (Wildman–Crippen MR) is 98.5 cm³/mol. The molecule has 2 aromatic heterocycles. The highest BCUT2D eigenvalue weighted by Crippen LogP contribution is 2.28. The number of carbonyl (C=O) groups excluding carboxylic acids is 1. The van der Waals surface area contributed by atoms with Crippen molar-refractivity contribution < 1.29 is 13.9 Å². The van der Waals surface area contributed by atoms with Crippen LogP contribution in [0.3, 0.4) is 0 Å². The molecule has 0 radical (unpaired) electrons. The van der Waals surface area contributed by atoms with E-state index in [0.29, 0.717) is 15.6 Å². The van der Waals surface area contributed by atoms with E-state index in [4.69, 9.17) is 16.3 Å². The molecule has 0 aliphatic carbocycles. The van der Waals surface area contributed by atoms with Crippen LogP contribution in [0.15, 0.2) is 47.8 Å². The summed E-state index contributed by atoms with van der Waals surface area (Å²) in [5, 5.41) is 3.33. The van der Waals surface area contributed by atoms with E-state index in [9.17, 15) is 9.18 Å². The average Bonchev–Trinajstić information content (AvgIpc) is 2.65. The quantitative estimate of drug-likeness (QED) is 0.514. The minimum atomic E-state index is -0.559. The fourth-order valence-electron chi connectivity index (χ4n) is 2.17. The van der Waals surface area contributed by atoms with Crippen molar-refractivity contribution in [1.82, 2.24) is 15.0 Å². The van der Waals surface area contributed by atoms with Crippen molar-refractivity contribution >= 4 is 41.7 Å². The van der Waals surface area contributed by atoms with Crippen LogP contribution in [-0.4, -0.2) is 28.0 Å². The molecule has 3 rings (SSSR count). The number of halogens is 2. The Bertz CT molecular complexity index is 987. The van der Waals surface area contributed by atoms with Gasteiger partial charge in [0.15, 0.2) is 5.82 Å². The van der Waals surface area contributed by atoms with Crippen molar-refractivity contribution in [1.29, 1.82) is 0 Å². The molecule has 1 aromatic carbocycles. The summed E-state index contributed by atoms with van der Waals surface area (Å²) >= 11 is 10.2. The van der Waals surface area contributed by atoms with Crippen molar-refractivity contribution in [2.45, 2.75) is 4.90 Å². The van der Waals surface area contributed by atoms with E-state index in [1.807, 2.05) is 0 Å². The largest absolute Gasteiger partial charge is 0.465 e. The smallest absolute Gasteiger partial charge is 0.341 e. The maximum absolute atomic E-state index is 14.1. The van der Waals surface area contributed by atoms with Crippen LogP contribution >= 0.6 is 24.2 Å². The number of rotatable bonds is 4. The van der Waals surface area contributed by atoms with Gasteiger partial charge in [0.2, 0.25) is 0 Å². The lowest BCUT2D eigenvalue weighted by atomic mass is 10.2. The van der Waals surface area contributed by atoms with Gasteiger partial charge in [0.1, 0.15) is 17.2 Å². The Morgan fingerprint density at radius 2 is 2.12 bits per heavy atom. The molecule has 0 aliphatic heterocycles. The van der Waals surface area contributed by atoms with Crippen molar-refractivity contribution in [3.8, 4) is 11.4 Å². The first-order valence-electron chi connectivity index (χ1n) is 7.30. The van der Waals surface area contributed by atoms with Crippen LogP contribution < -0.4 is 5.32 Å². The molecular weight excluding hydrogens is 379 g/mol. The Hall–Kier alpha value is -2.71. The molecular formula is C17H12ClFN4O2S. The van der Waals surface area contributed by atoms with E-state index in [-0.39, 0.29) is 22.8 Å². The Labute approximate surface area is 158 Å². The first kappa shape index (κ1) is 18.1. The molecule has 3 aromatic rings. The molecule has 0 spiro atoms. The van der Waals surface area contributed by atoms with Crippen molar-refractivity contribution in [2.24, 2.45) is 0 Å². The maximum atomic E-state index is 14.1. The maximum Gasteiger partial charge on any atom is 0.341 e. The molecule has 0 fully saturated rings. The Morgan fingerprint density at radius 1 is 1.31 bits per heavy atom. The van der Waals surface area contributed by atoms with Crippen LogP contribution in [0.4, 0.5) is 15.9 Å². The van der Waals surface area contributed by atoms with Crippen molar-refractivity contribution in [3.63, 3.8) is 0 Å². The zero-order valence-corrected chi connectivity index (χ0v) is 15.1. The van der Waals surface area contributed by atoms with Gasteiger partial charge in [-0.25, -0.2) is 19.2 Å². The number of nitrogens with one attached hydrogen (secondary N) is 1. The van der Waals surface area contributed by atoms with Crippen LogP contribution in [-0.2, 0) is 4.74 Å². The van der Waals surface area contributed by atoms with Gasteiger partial charge >= 0.3 is 5.97 Å². The van der Waals surface area contributed by atoms with Gasteiger partial charge in [-0.2, -0.15) is 0 Å². The predicted octanol–water partition coefficient (Wildman–Crippen LogP) is 4.15. The minimum absolute atomic E-state index is 0.124. The highest BCUT2D eigenvalue weighted by molar-refractivity contribution is 7.80. The molecule has 0 bridgehead atoms. The summed E-state index contributed by atoms with van der Waals surface area (Å²) in [5.74, 6) is -0.657. The zero-order valence-electron chi connectivity index (χ0n) is 13.4. The number of hydrogen-bond donors (Lipinski definition) is 2. The number of esters is 1. The van der Waals surface area contributed by atoms with Crippen LogP contribution in [0.2, 0.25) is 5.02 Å². The van der Waals surface area contributed by atoms with E-state index in [1.165, 1.54) is 43.9 Å². The van der Waals surface area contributed by atoms with Gasteiger partial charge in [-0.3, -0.25) is 4.98 Å². The van der Waals surface area contributed by atoms with Gasteiger partial charge < -0.3 is 10.1 Å². The highest BCUT2D eigenvalue weighted by atomic mass is 35.5. The van der Waals surface area contributed by atoms with E-state index in [2.05, 4.69) is 32.9 Å². The summed E-state index contributed by atoms with van der Waals surface area (Å²) in [6, 6.07) is 5.69. The molecule has 132 valence electrons. The van der Waals surface area contributed by atoms with Crippen molar-refractivity contribution in [3.05, 3.63) is 59.3 Å². The molecule has 0 amide bonds. The van der Waals surface area contributed by atoms with Crippen LogP contribution in [0.25, 0.3) is 11.4 Å². The lowest BCUT2D eigenvalue weighted by Crippen LogP contribution is -2.07. The fraction of sp³-hybridized carbons (Fsp3) is 0.0588. The number of ether oxygens (including phenoxy) is 1. The summed E-state index contributed by atoms with van der Waals surface area (Å²) in [6.45, 7) is 0. The molecule has 9 heteroatoms. The highest BCUT2D eigenvalue weighted by Gasteiger charge is 2.15. The van der Waals surface area contributed by atoms with Crippen LogP contribution in [0, 0.1) is 5.82 Å². The number of thiol groups is 1. The Balaban J connectivity index is 2.02. The number of carbonyl (C=O) groups is 1. The second-order valence-electron chi connectivity index (χ2n) is 5.09. The van der Waals surface area contributed by atoms with Gasteiger partial charge in [-0.05, 0) is 24.3 Å². The molecule has 1 N–H and O–H groups in total. The summed E-state index contributed by atoms with van der Waals surface area (Å²) in [4.78, 5) is 24.6. The first-order valence-corrected chi connectivity index (χ1v) is 8.13. The molecule has 0 saturated heterocycles. The zero-order chi connectivity index (χ0) is 18.7. The third kappa shape index (κ3) is 3.76. The Morgan fingerprint density at radius 3 is 2.88 bits per heavy atom. The topological polar surface area (TPSA) is 77.0 Å². The minimum Gasteiger partial charge on any atom is -0.465 e. The van der Waals surface area contributed by atoms with E-state index < -0.39 is 11.8 Å². The summed E-state index contributed by atoms with van der Waals surface area (Å²) in [7, 11) is 1.27. The van der Waals surface area contributed by atoms with Crippen molar-refractivity contribution in [2.75, 3.05) is 12.4 Å². The molecule has 0 atom stereocenters. The molecule has 26 heavy (non-hydrogen) atoms. The number of anilines is 2. The lowest BCUT2D eigenvalue weighted by Gasteiger charge is -2.12. The van der Waals surface area contributed by atoms with Gasteiger partial charge in [0, 0.05) is 23.6 Å². The van der Waals surface area contributed by atoms with Gasteiger partial charge in [0.25, 0.3) is 0 Å². The molecule has 0 unspecified atom stereocenters. The standard InChI is InChI=1S/C17H12ClFN4O2S/c1-25-17(24)11-7-20-5-4-13(11)22-16-14(26)8-21-15(23-16)10-6-9(18)2-3-12(10)19/h2-8,26H,1H3,(H,20,21,22,23). The summed E-state index contributed by atoms with van der Waals surface area (Å²) in [6.07, 6.45) is 4.30. The number of hydrogen-bond acceptors (Lipinski definition) is 7. The SMILES string of the molecule is COC(=O)c1cnccc1Nc1nc(-c2cc(Cl)ccc2F)ncc1S. The van der Waals surface area contributed by atoms with Crippen LogP contribution in [0.1, 0.15) is 10.4 Å². The first-order chi connectivity index (χ1) is 12.5. The van der Waals surface area contributed by atoms with E-state index >= 15 is 0 Å². The number of aromatic nitrogens is 3. The number of benzene rings is 1. The molecule has 0 saturated carbocycles. The van der Waals surface area contributed by atoms with Gasteiger partial charge in [-0.15, -0.1) is 12.6 Å². The molecule has 0 aliphatic rings. The number of methoxy groups -OCH3 is 1. The monoisotopic (exact) mass is 390 g/mol. The van der Waals surface area contributed by atoms with E-state index in [0.717, 1.165) is 0 Å². The third-order valence-electron chi connectivity index (χ3n) is 3.42. The number of pyridine rings is 1. The second kappa shape index (κ2) is 7.67. The average molecular weight is 391 g/mol. The van der Waals surface area contributed by atoms with E-state index in [1.54, 1.807) is 6.07 Å². The second-order valence-corrected chi connectivity index (χ2v) is 6.01. The van der Waals surface area contributed by atoms with Gasteiger partial charge in [-0.1, -0.05) is 11.6 Å².